The fourth-order valence-electron chi connectivity index (χ4n) is 7.61. The highest BCUT2D eigenvalue weighted by Gasteiger charge is 2.37. The van der Waals surface area contributed by atoms with Crippen LogP contribution in [0.3, 0.4) is 0 Å². The van der Waals surface area contributed by atoms with Crippen molar-refractivity contribution in [3.63, 3.8) is 0 Å². The topological polar surface area (TPSA) is 145 Å². The molecule has 1 atom stereocenters. The summed E-state index contributed by atoms with van der Waals surface area (Å²) in [5.74, 6) is 7.13. The second-order valence-corrected chi connectivity index (χ2v) is 14.4. The second kappa shape index (κ2) is 13.7. The summed E-state index contributed by atoms with van der Waals surface area (Å²) >= 11 is 13.4. The van der Waals surface area contributed by atoms with Gasteiger partial charge in [0, 0.05) is 69.5 Å². The van der Waals surface area contributed by atoms with Crippen molar-refractivity contribution in [1.29, 1.82) is 0 Å². The number of hydrogen-bond acceptors (Lipinski definition) is 7. The minimum Gasteiger partial charge on any atom is -0.494 e. The number of benzene rings is 3. The number of hydrogen-bond donors (Lipinski definition) is 3. The maximum Gasteiger partial charge on any atom is 0.275 e. The van der Waals surface area contributed by atoms with Crippen molar-refractivity contribution in [3.05, 3.63) is 98.7 Å². The average Bonchev–Trinajstić information content (AvgIpc) is 3.85. The van der Waals surface area contributed by atoms with Crippen LogP contribution in [0.2, 0.25) is 10.0 Å². The molecule has 268 valence electrons. The molecule has 1 aliphatic rings. The Morgan fingerprint density at radius 1 is 1.10 bits per heavy atom. The van der Waals surface area contributed by atoms with E-state index in [1.807, 2.05) is 86.8 Å². The van der Waals surface area contributed by atoms with E-state index in [4.69, 9.17) is 39.5 Å². The second-order valence-electron chi connectivity index (χ2n) is 13.6. The number of nitrogens with one attached hydrogen (secondary N) is 1. The number of H-pyrrole nitrogens is 1. The molecular weight excluding hydrogens is 697 g/mol. The average molecular weight is 739 g/mol. The number of nitrogens with two attached hydrogens (primary N) is 2. The van der Waals surface area contributed by atoms with E-state index in [0.29, 0.717) is 65.1 Å². The molecule has 5 N–H and O–H groups in total. The van der Waals surface area contributed by atoms with Gasteiger partial charge >= 0.3 is 0 Å². The largest absolute Gasteiger partial charge is 0.494 e. The molecule has 3 aromatic heterocycles. The number of halogens is 2. The summed E-state index contributed by atoms with van der Waals surface area (Å²) < 4.78 is 10.4. The third-order valence-corrected chi connectivity index (χ3v) is 10.9. The fraction of sp³-hybridized carbons (Fsp3) is 0.282. The number of anilines is 1. The molecule has 0 spiro atoms. The van der Waals surface area contributed by atoms with Crippen molar-refractivity contribution >= 4 is 67.9 Å². The fourth-order valence-corrected chi connectivity index (χ4v) is 7.96. The number of carbonyl (C=O) groups excluding carboxylic acids is 1. The summed E-state index contributed by atoms with van der Waals surface area (Å²) in [6, 6.07) is 13.7. The SMILES string of the molecule is CC(=NN)C(=C(C)N)c1c(Cl)ccc2c(CCCOc3cc(C)c(Cl)c(C)c3)c3n(c12)[C@H](C)CN(c1cn(C)c2ccc(-c4ncn[nH]4)cc12)C3=O. The van der Waals surface area contributed by atoms with Gasteiger partial charge < -0.3 is 30.3 Å². The number of allylic oxidation sites excluding steroid dienone is 2. The Bertz CT molecular complexity index is 2410. The van der Waals surface area contributed by atoms with Gasteiger partial charge in [-0.1, -0.05) is 29.3 Å². The minimum atomic E-state index is -0.139. The molecule has 11 nitrogen and oxygen atoms in total. The van der Waals surface area contributed by atoms with Crippen LogP contribution >= 0.6 is 23.2 Å². The summed E-state index contributed by atoms with van der Waals surface area (Å²) in [5.41, 5.74) is 15.9. The molecule has 0 unspecified atom stereocenters. The predicted molar refractivity (Wildman–Crippen MR) is 210 cm³/mol. The Hall–Kier alpha value is -5.26. The molecule has 13 heteroatoms. The third-order valence-electron chi connectivity index (χ3n) is 9.95. The van der Waals surface area contributed by atoms with Gasteiger partial charge in [-0.3, -0.25) is 9.89 Å². The van der Waals surface area contributed by atoms with Crippen molar-refractivity contribution < 1.29 is 9.53 Å². The lowest BCUT2D eigenvalue weighted by molar-refractivity contribution is 0.0957. The van der Waals surface area contributed by atoms with Gasteiger partial charge in [-0.2, -0.15) is 10.2 Å². The number of amides is 1. The molecule has 4 heterocycles. The van der Waals surface area contributed by atoms with Gasteiger partial charge in [0.05, 0.1) is 28.5 Å². The molecule has 0 radical (unpaired) electrons. The van der Waals surface area contributed by atoms with Gasteiger partial charge in [0.2, 0.25) is 0 Å². The first-order valence-electron chi connectivity index (χ1n) is 17.1. The van der Waals surface area contributed by atoms with Crippen molar-refractivity contribution in [2.75, 3.05) is 18.1 Å². The lowest BCUT2D eigenvalue weighted by Crippen LogP contribution is -2.42. The zero-order chi connectivity index (χ0) is 37.0. The Labute approximate surface area is 311 Å². The molecular formula is C39H41Cl2N9O2. The Morgan fingerprint density at radius 3 is 2.52 bits per heavy atom. The van der Waals surface area contributed by atoms with E-state index in [2.05, 4.69) is 37.8 Å². The number of carbonyl (C=O) groups is 1. The number of aromatic amines is 1. The molecule has 0 aliphatic carbocycles. The standard InChI is InChI=1S/C39H41Cl2N9O2/c1-20-14-26(15-21(2)35(20)41)52-13-7-8-27-28-10-11-30(40)34(33(23(4)42)24(5)46-43)36(28)50-22(3)17-49(39(51)37(27)50)32-18-48(6)31-12-9-25(16-29(31)32)38-44-19-45-47-38/h9-12,14-16,18-19,22H,7-8,13,17,42-43H2,1-6H3,(H,44,45,47)/t22-/m1/s1. The smallest absolute Gasteiger partial charge is 0.275 e. The van der Waals surface area contributed by atoms with Crippen molar-refractivity contribution in [2.45, 2.75) is 53.5 Å². The van der Waals surface area contributed by atoms with E-state index < -0.39 is 0 Å². The lowest BCUT2D eigenvalue weighted by atomic mass is 9.96. The summed E-state index contributed by atoms with van der Waals surface area (Å²) in [5, 5.41) is 14.1. The maximum absolute atomic E-state index is 15.1. The molecule has 1 amide bonds. The van der Waals surface area contributed by atoms with Gasteiger partial charge in [-0.05, 0) is 101 Å². The maximum atomic E-state index is 15.1. The minimum absolute atomic E-state index is 0.104. The normalized spacial score (nSPS) is 15.5. The van der Waals surface area contributed by atoms with E-state index in [9.17, 15) is 0 Å². The summed E-state index contributed by atoms with van der Waals surface area (Å²) in [7, 11) is 1.99. The Balaban J connectivity index is 1.37. The lowest BCUT2D eigenvalue weighted by Gasteiger charge is -2.34. The first-order chi connectivity index (χ1) is 24.9. The molecule has 0 bridgehead atoms. The molecule has 0 saturated heterocycles. The number of nitrogens with zero attached hydrogens (tertiary/aromatic N) is 6. The molecule has 0 saturated carbocycles. The predicted octanol–water partition coefficient (Wildman–Crippen LogP) is 8.10. The Morgan fingerprint density at radius 2 is 1.85 bits per heavy atom. The monoisotopic (exact) mass is 737 g/mol. The molecule has 52 heavy (non-hydrogen) atoms. The van der Waals surface area contributed by atoms with Crippen molar-refractivity contribution in [2.24, 2.45) is 23.7 Å². The van der Waals surface area contributed by atoms with Gasteiger partial charge in [0.15, 0.2) is 5.82 Å². The van der Waals surface area contributed by atoms with E-state index in [0.717, 1.165) is 60.5 Å². The quantitative estimate of drug-likeness (QED) is 0.0592. The highest BCUT2D eigenvalue weighted by molar-refractivity contribution is 6.38. The number of aromatic nitrogens is 5. The molecule has 3 aromatic carbocycles. The van der Waals surface area contributed by atoms with E-state index in [1.165, 1.54) is 6.33 Å². The molecule has 6 aromatic rings. The van der Waals surface area contributed by atoms with Crippen LogP contribution in [-0.2, 0) is 13.5 Å². The van der Waals surface area contributed by atoms with E-state index in [1.54, 1.807) is 0 Å². The van der Waals surface area contributed by atoms with Crippen LogP contribution in [0.5, 0.6) is 5.75 Å². The van der Waals surface area contributed by atoms with Crippen LogP contribution < -0.4 is 21.2 Å². The van der Waals surface area contributed by atoms with Crippen LogP contribution in [0.1, 0.15) is 66.0 Å². The molecule has 0 fully saturated rings. The van der Waals surface area contributed by atoms with Crippen LogP contribution in [0.15, 0.2) is 65.8 Å². The van der Waals surface area contributed by atoms with Gasteiger partial charge in [0.1, 0.15) is 17.8 Å². The van der Waals surface area contributed by atoms with Gasteiger partial charge in [0.25, 0.3) is 5.91 Å². The third kappa shape index (κ3) is 5.87. The number of ether oxygens (including phenoxy) is 1. The zero-order valence-electron chi connectivity index (χ0n) is 30.0. The van der Waals surface area contributed by atoms with Crippen LogP contribution in [-0.4, -0.2) is 49.1 Å². The van der Waals surface area contributed by atoms with Crippen LogP contribution in [0.4, 0.5) is 5.69 Å². The summed E-state index contributed by atoms with van der Waals surface area (Å²) in [4.78, 5) is 21.3. The van der Waals surface area contributed by atoms with Gasteiger partial charge in [-0.25, -0.2) is 4.98 Å². The number of fused-ring (bicyclic) bond motifs is 4. The highest BCUT2D eigenvalue weighted by Crippen LogP contribution is 2.44. The molecule has 7 rings (SSSR count). The van der Waals surface area contributed by atoms with Crippen LogP contribution in [0, 0.1) is 13.8 Å². The molecule has 1 aliphatic heterocycles. The van der Waals surface area contributed by atoms with E-state index in [-0.39, 0.29) is 11.9 Å². The number of aryl methyl sites for hydroxylation is 4. The number of hydrazone groups is 1. The highest BCUT2D eigenvalue weighted by atomic mass is 35.5. The van der Waals surface area contributed by atoms with E-state index >= 15 is 4.79 Å². The van der Waals surface area contributed by atoms with Crippen LogP contribution in [0.25, 0.3) is 38.8 Å². The zero-order valence-corrected chi connectivity index (χ0v) is 31.5. The number of rotatable bonds is 9. The first-order valence-corrected chi connectivity index (χ1v) is 17.9. The van der Waals surface area contributed by atoms with Gasteiger partial charge in [-0.15, -0.1) is 0 Å². The summed E-state index contributed by atoms with van der Waals surface area (Å²) in [6.45, 7) is 10.5. The van der Waals surface area contributed by atoms with Crippen molar-refractivity contribution in [1.82, 2.24) is 24.3 Å². The Kier molecular flexibility index (Phi) is 9.26. The first kappa shape index (κ1) is 35.2. The van der Waals surface area contributed by atoms with Crippen molar-refractivity contribution in [3.8, 4) is 17.1 Å². The summed E-state index contributed by atoms with van der Waals surface area (Å²) in [6.07, 6.45) is 4.73.